The van der Waals surface area contributed by atoms with Gasteiger partial charge in [-0.25, -0.2) is 0 Å². The van der Waals surface area contributed by atoms with Crippen LogP contribution >= 0.6 is 11.6 Å². The molecule has 0 saturated heterocycles. The highest BCUT2D eigenvalue weighted by Crippen LogP contribution is 2.34. The minimum atomic E-state index is 0.659. The van der Waals surface area contributed by atoms with E-state index in [0.29, 0.717) is 12.1 Å². The van der Waals surface area contributed by atoms with Crippen molar-refractivity contribution in [2.75, 3.05) is 11.9 Å². The summed E-state index contributed by atoms with van der Waals surface area (Å²) in [7, 11) is 2.25. The molecular weight excluding hydrogens is 280 g/mol. The van der Waals surface area contributed by atoms with E-state index in [4.69, 9.17) is 11.6 Å². The Kier molecular flexibility index (Phi) is 4.75. The largest absolute Gasteiger partial charge is 0.371 e. The molecule has 0 heterocycles. The standard InChI is InChI=1S/C18H27ClN2/c1-13-5-3-6-15(11-13)21(2)18-8-4-7-17(19)16(18)12-20-14-9-10-14/h4,7-8,13-15,20H,3,5-6,9-12H2,1-2H3. The number of halogens is 1. The third-order valence-electron chi connectivity index (χ3n) is 5.08. The normalized spacial score (nSPS) is 25.9. The summed E-state index contributed by atoms with van der Waals surface area (Å²) in [5, 5.41) is 4.51. The van der Waals surface area contributed by atoms with Gasteiger partial charge in [0.05, 0.1) is 0 Å². The molecule has 2 nitrogen and oxygen atoms in total. The van der Waals surface area contributed by atoms with Gasteiger partial charge in [-0.2, -0.15) is 0 Å². The molecule has 0 aliphatic heterocycles. The Labute approximate surface area is 133 Å². The molecule has 1 aromatic carbocycles. The summed E-state index contributed by atoms with van der Waals surface area (Å²) >= 11 is 6.48. The molecule has 0 amide bonds. The topological polar surface area (TPSA) is 15.3 Å². The number of nitrogens with zero attached hydrogens (tertiary/aromatic N) is 1. The second-order valence-corrected chi connectivity index (χ2v) is 7.34. The van der Waals surface area contributed by atoms with Crippen molar-refractivity contribution in [2.45, 2.75) is 64.1 Å². The van der Waals surface area contributed by atoms with Crippen LogP contribution in [0, 0.1) is 5.92 Å². The molecule has 2 fully saturated rings. The van der Waals surface area contributed by atoms with Gasteiger partial charge in [0, 0.05) is 41.9 Å². The maximum absolute atomic E-state index is 6.48. The van der Waals surface area contributed by atoms with Crippen molar-refractivity contribution < 1.29 is 0 Å². The fraction of sp³-hybridized carbons (Fsp3) is 0.667. The van der Waals surface area contributed by atoms with Crippen molar-refractivity contribution in [3.05, 3.63) is 28.8 Å². The van der Waals surface area contributed by atoms with E-state index in [9.17, 15) is 0 Å². The average molecular weight is 307 g/mol. The van der Waals surface area contributed by atoms with Crippen molar-refractivity contribution in [3.63, 3.8) is 0 Å². The van der Waals surface area contributed by atoms with E-state index < -0.39 is 0 Å². The zero-order chi connectivity index (χ0) is 14.8. The van der Waals surface area contributed by atoms with Gasteiger partial charge < -0.3 is 10.2 Å². The molecule has 116 valence electrons. The van der Waals surface area contributed by atoms with E-state index in [1.54, 1.807) is 0 Å². The van der Waals surface area contributed by atoms with Gasteiger partial charge in [-0.1, -0.05) is 37.4 Å². The molecule has 1 N–H and O–H groups in total. The van der Waals surface area contributed by atoms with Gasteiger partial charge in [-0.15, -0.1) is 0 Å². The molecule has 2 atom stereocenters. The number of nitrogens with one attached hydrogen (secondary N) is 1. The Hall–Kier alpha value is -0.730. The van der Waals surface area contributed by atoms with E-state index in [-0.39, 0.29) is 0 Å². The van der Waals surface area contributed by atoms with Crippen LogP contribution in [-0.4, -0.2) is 19.1 Å². The number of benzene rings is 1. The predicted molar refractivity (Wildman–Crippen MR) is 91.1 cm³/mol. The van der Waals surface area contributed by atoms with E-state index in [1.165, 1.54) is 49.8 Å². The lowest BCUT2D eigenvalue weighted by Gasteiger charge is -2.36. The maximum atomic E-state index is 6.48. The fourth-order valence-electron chi connectivity index (χ4n) is 3.54. The molecule has 0 bridgehead atoms. The average Bonchev–Trinajstić information content (AvgIpc) is 3.29. The quantitative estimate of drug-likeness (QED) is 0.855. The highest BCUT2D eigenvalue weighted by Gasteiger charge is 2.25. The Morgan fingerprint density at radius 1 is 1.24 bits per heavy atom. The van der Waals surface area contributed by atoms with E-state index in [2.05, 4.69) is 36.3 Å². The van der Waals surface area contributed by atoms with E-state index in [0.717, 1.165) is 17.5 Å². The van der Waals surface area contributed by atoms with Crippen molar-refractivity contribution in [1.29, 1.82) is 0 Å². The smallest absolute Gasteiger partial charge is 0.0471 e. The molecule has 0 aromatic heterocycles. The summed E-state index contributed by atoms with van der Waals surface area (Å²) in [6, 6.07) is 7.71. The van der Waals surface area contributed by atoms with Crippen LogP contribution in [0.15, 0.2) is 18.2 Å². The molecule has 2 aliphatic rings. The van der Waals surface area contributed by atoms with Crippen molar-refractivity contribution in [2.24, 2.45) is 5.92 Å². The first-order chi connectivity index (χ1) is 10.1. The molecular formula is C18H27ClN2. The lowest BCUT2D eigenvalue weighted by atomic mass is 9.86. The molecule has 3 rings (SSSR count). The fourth-order valence-corrected chi connectivity index (χ4v) is 3.77. The zero-order valence-corrected chi connectivity index (χ0v) is 14.0. The van der Waals surface area contributed by atoms with Crippen molar-refractivity contribution >= 4 is 17.3 Å². The Morgan fingerprint density at radius 2 is 2.05 bits per heavy atom. The van der Waals surface area contributed by atoms with Gasteiger partial charge in [0.1, 0.15) is 0 Å². The number of hydrogen-bond donors (Lipinski definition) is 1. The Morgan fingerprint density at radius 3 is 2.76 bits per heavy atom. The van der Waals surface area contributed by atoms with Crippen molar-refractivity contribution in [3.8, 4) is 0 Å². The van der Waals surface area contributed by atoms with E-state index >= 15 is 0 Å². The lowest BCUT2D eigenvalue weighted by molar-refractivity contribution is 0.336. The Balaban J connectivity index is 1.77. The van der Waals surface area contributed by atoms with Gasteiger partial charge in [0.15, 0.2) is 0 Å². The number of anilines is 1. The first-order valence-electron chi connectivity index (χ1n) is 8.38. The SMILES string of the molecule is CC1CCCC(N(C)c2cccc(Cl)c2CNC2CC2)C1. The van der Waals surface area contributed by atoms with Crippen LogP contribution in [0.5, 0.6) is 0 Å². The minimum Gasteiger partial charge on any atom is -0.371 e. The second kappa shape index (κ2) is 6.58. The third kappa shape index (κ3) is 3.73. The van der Waals surface area contributed by atoms with E-state index in [1.807, 2.05) is 6.07 Å². The summed E-state index contributed by atoms with van der Waals surface area (Å²) in [6.45, 7) is 3.28. The molecule has 2 unspecified atom stereocenters. The Bertz CT molecular complexity index is 484. The third-order valence-corrected chi connectivity index (χ3v) is 5.43. The van der Waals surface area contributed by atoms with Crippen LogP contribution in [0.2, 0.25) is 5.02 Å². The molecule has 0 radical (unpaired) electrons. The first-order valence-corrected chi connectivity index (χ1v) is 8.76. The van der Waals surface area contributed by atoms with Gasteiger partial charge in [-0.3, -0.25) is 0 Å². The summed E-state index contributed by atoms with van der Waals surface area (Å²) in [4.78, 5) is 2.48. The van der Waals surface area contributed by atoms with Gasteiger partial charge in [0.25, 0.3) is 0 Å². The number of hydrogen-bond acceptors (Lipinski definition) is 2. The summed E-state index contributed by atoms with van der Waals surface area (Å²) in [5.41, 5.74) is 2.58. The van der Waals surface area contributed by atoms with Gasteiger partial charge in [0.2, 0.25) is 0 Å². The van der Waals surface area contributed by atoms with Crippen LogP contribution in [0.25, 0.3) is 0 Å². The van der Waals surface area contributed by atoms with Crippen LogP contribution in [-0.2, 0) is 6.54 Å². The molecule has 2 saturated carbocycles. The molecule has 3 heteroatoms. The minimum absolute atomic E-state index is 0.659. The van der Waals surface area contributed by atoms with Gasteiger partial charge >= 0.3 is 0 Å². The summed E-state index contributed by atoms with van der Waals surface area (Å²) < 4.78 is 0. The lowest BCUT2D eigenvalue weighted by Crippen LogP contribution is -2.36. The van der Waals surface area contributed by atoms with Crippen LogP contribution in [0.4, 0.5) is 5.69 Å². The summed E-state index contributed by atoms with van der Waals surface area (Å²) in [5.74, 6) is 0.846. The van der Waals surface area contributed by atoms with Crippen molar-refractivity contribution in [1.82, 2.24) is 5.32 Å². The number of rotatable bonds is 5. The van der Waals surface area contributed by atoms with Gasteiger partial charge in [-0.05, 0) is 43.7 Å². The monoisotopic (exact) mass is 306 g/mol. The maximum Gasteiger partial charge on any atom is 0.0471 e. The molecule has 0 spiro atoms. The summed E-state index contributed by atoms with van der Waals surface area (Å²) in [6.07, 6.45) is 7.98. The second-order valence-electron chi connectivity index (χ2n) is 6.93. The first kappa shape index (κ1) is 15.2. The highest BCUT2D eigenvalue weighted by atomic mass is 35.5. The highest BCUT2D eigenvalue weighted by molar-refractivity contribution is 6.31. The zero-order valence-electron chi connectivity index (χ0n) is 13.2. The molecule has 21 heavy (non-hydrogen) atoms. The molecule has 1 aromatic rings. The van der Waals surface area contributed by atoms with Crippen LogP contribution in [0.1, 0.15) is 51.0 Å². The predicted octanol–water partition coefficient (Wildman–Crippen LogP) is 4.61. The molecule has 2 aliphatic carbocycles. The van der Waals surface area contributed by atoms with Crippen LogP contribution < -0.4 is 10.2 Å². The van der Waals surface area contributed by atoms with Crippen LogP contribution in [0.3, 0.4) is 0 Å².